The molecule has 0 aliphatic rings. The van der Waals surface area contributed by atoms with Crippen molar-refractivity contribution in [1.82, 2.24) is 0 Å². The highest BCUT2D eigenvalue weighted by Gasteiger charge is 2.30. The molecular weight excluding hydrogens is 1310 g/mol. The number of carbonyl (C=O) groups excluding carboxylic acids is 4. The number of aliphatic hydroxyl groups excluding tert-OH is 1. The van der Waals surface area contributed by atoms with Gasteiger partial charge in [-0.2, -0.15) is 0 Å². The van der Waals surface area contributed by atoms with Crippen molar-refractivity contribution in [2.45, 2.75) is 329 Å². The number of hydrogen-bond donors (Lipinski definition) is 3. The van der Waals surface area contributed by atoms with Crippen molar-refractivity contribution in [3.05, 3.63) is 122 Å². The standard InChI is InChI=1S/C81H138O17P2/c1-5-9-13-17-21-25-29-32-35-37-40-43-47-50-54-58-62-66-79(84)92-72-77(98-81(86)68-64-60-56-52-48-44-41-38-36-33-30-26-22-18-14-10-6-2)74-96-100(89,90)94-70-75(82)69-93-99(87,88)95-73-76(97-80(85)67-63-59-55-51-45-28-24-20-16-12-8-4)71-91-78(83)65-61-57-53-49-46-42-39-34-31-27-23-19-15-11-7-3/h9-10,13-14,20-22,24-26,32-36,39-40,43,50,54,75-77,82H,5-8,11-12,15-19,23,27-31,37-38,41-42,44-49,51-53,55-74H2,1-4H3,(H,87,88)(H,89,90)/b13-9-,14-10-,24-20-,25-21-,26-22-,35-32-,36-33-,39-34-,43-40-,54-50-. The van der Waals surface area contributed by atoms with Gasteiger partial charge in [0.25, 0.3) is 0 Å². The van der Waals surface area contributed by atoms with Crippen LogP contribution in [0.5, 0.6) is 0 Å². The van der Waals surface area contributed by atoms with E-state index in [-0.39, 0.29) is 25.7 Å². The van der Waals surface area contributed by atoms with Gasteiger partial charge in [-0.25, -0.2) is 9.13 Å². The molecule has 0 saturated carbocycles. The van der Waals surface area contributed by atoms with E-state index in [2.05, 4.69) is 137 Å². The van der Waals surface area contributed by atoms with Crippen molar-refractivity contribution in [2.24, 2.45) is 0 Å². The summed E-state index contributed by atoms with van der Waals surface area (Å²) in [5.41, 5.74) is 0. The molecule has 0 bridgehead atoms. The second-order valence-electron chi connectivity index (χ2n) is 25.5. The normalized spacial score (nSPS) is 14.6. The van der Waals surface area contributed by atoms with Crippen LogP contribution in [-0.2, 0) is 65.4 Å². The van der Waals surface area contributed by atoms with Crippen molar-refractivity contribution in [1.29, 1.82) is 0 Å². The predicted molar refractivity (Wildman–Crippen MR) is 408 cm³/mol. The van der Waals surface area contributed by atoms with Crippen LogP contribution < -0.4 is 0 Å². The first-order chi connectivity index (χ1) is 48.7. The van der Waals surface area contributed by atoms with E-state index in [4.69, 9.17) is 37.0 Å². The van der Waals surface area contributed by atoms with Crippen LogP contribution >= 0.6 is 15.6 Å². The third kappa shape index (κ3) is 71.8. The number of phosphoric ester groups is 2. The SMILES string of the molecule is CC/C=C\C/C=C\C/C=C\C/C=C\C/C=C\CCCC(=O)OCC(COP(=O)(O)OCC(O)COP(=O)(O)OCC(COC(=O)CCCCCCC/C=C\CCCCCCCC)OC(=O)CCCCCCC/C=C\CCCC)OC(=O)CCCCCCCCC/C=C\C/C=C\C/C=C\CC. The van der Waals surface area contributed by atoms with E-state index in [1.165, 1.54) is 51.4 Å². The predicted octanol–water partition coefficient (Wildman–Crippen LogP) is 22.3. The number of carbonyl (C=O) groups is 4. The van der Waals surface area contributed by atoms with E-state index in [9.17, 15) is 43.2 Å². The summed E-state index contributed by atoms with van der Waals surface area (Å²) in [6.07, 6.45) is 79.1. The molecule has 100 heavy (non-hydrogen) atoms. The smallest absolute Gasteiger partial charge is 0.462 e. The number of phosphoric acid groups is 2. The second kappa shape index (κ2) is 72.8. The van der Waals surface area contributed by atoms with Gasteiger partial charge in [-0.3, -0.25) is 37.3 Å². The molecule has 3 N–H and O–H groups in total. The summed E-state index contributed by atoms with van der Waals surface area (Å²) in [6.45, 7) is 4.52. The van der Waals surface area contributed by atoms with Gasteiger partial charge in [0.15, 0.2) is 12.2 Å². The first kappa shape index (κ1) is 95.5. The summed E-state index contributed by atoms with van der Waals surface area (Å²) < 4.78 is 68.4. The minimum absolute atomic E-state index is 0.0688. The third-order valence-corrected chi connectivity index (χ3v) is 17.8. The van der Waals surface area contributed by atoms with Crippen LogP contribution in [0.25, 0.3) is 0 Å². The van der Waals surface area contributed by atoms with Gasteiger partial charge in [-0.1, -0.05) is 265 Å². The van der Waals surface area contributed by atoms with Crippen LogP contribution in [0, 0.1) is 0 Å². The van der Waals surface area contributed by atoms with Gasteiger partial charge >= 0.3 is 39.5 Å². The minimum Gasteiger partial charge on any atom is -0.462 e. The highest BCUT2D eigenvalue weighted by atomic mass is 31.2. The molecule has 574 valence electrons. The van der Waals surface area contributed by atoms with Crippen molar-refractivity contribution >= 4 is 39.5 Å². The molecule has 17 nitrogen and oxygen atoms in total. The van der Waals surface area contributed by atoms with E-state index >= 15 is 0 Å². The van der Waals surface area contributed by atoms with Crippen molar-refractivity contribution in [2.75, 3.05) is 39.6 Å². The number of aliphatic hydroxyl groups is 1. The van der Waals surface area contributed by atoms with Crippen molar-refractivity contribution in [3.63, 3.8) is 0 Å². The molecule has 0 fully saturated rings. The van der Waals surface area contributed by atoms with Crippen molar-refractivity contribution < 1.29 is 80.2 Å². The van der Waals surface area contributed by atoms with Crippen molar-refractivity contribution in [3.8, 4) is 0 Å². The lowest BCUT2D eigenvalue weighted by atomic mass is 10.1. The summed E-state index contributed by atoms with van der Waals surface area (Å²) in [5.74, 6) is -2.27. The Balaban J connectivity index is 5.40. The van der Waals surface area contributed by atoms with Crippen LogP contribution in [0.15, 0.2) is 122 Å². The molecule has 5 atom stereocenters. The quantitative estimate of drug-likeness (QED) is 0.0169. The fourth-order valence-corrected chi connectivity index (χ4v) is 11.6. The van der Waals surface area contributed by atoms with Gasteiger partial charge in [0.05, 0.1) is 26.4 Å². The molecule has 5 unspecified atom stereocenters. The number of ether oxygens (including phenoxy) is 4. The molecule has 0 aliphatic heterocycles. The Kier molecular flexibility index (Phi) is 69.5. The Hall–Kier alpha value is -4.54. The molecule has 19 heteroatoms. The number of esters is 4. The Labute approximate surface area is 606 Å². The molecule has 0 heterocycles. The van der Waals surface area contributed by atoms with E-state index in [0.29, 0.717) is 32.1 Å². The first-order valence-electron chi connectivity index (χ1n) is 38.8. The van der Waals surface area contributed by atoms with Gasteiger partial charge in [0, 0.05) is 25.7 Å². The van der Waals surface area contributed by atoms with Crippen LogP contribution in [0.1, 0.15) is 310 Å². The Morgan fingerprint density at radius 3 is 0.880 bits per heavy atom. The molecule has 0 aliphatic carbocycles. The molecule has 0 aromatic carbocycles. The molecule has 0 rings (SSSR count). The molecule has 0 radical (unpaired) electrons. The van der Waals surface area contributed by atoms with Gasteiger partial charge in [0.2, 0.25) is 0 Å². The fraction of sp³-hybridized carbons (Fsp3) is 0.704. The van der Waals surface area contributed by atoms with Crippen LogP contribution in [0.2, 0.25) is 0 Å². The highest BCUT2D eigenvalue weighted by molar-refractivity contribution is 7.47. The molecule has 0 saturated heterocycles. The molecule has 0 spiro atoms. The number of hydrogen-bond acceptors (Lipinski definition) is 15. The maximum absolute atomic E-state index is 13.1. The lowest BCUT2D eigenvalue weighted by Gasteiger charge is -2.21. The van der Waals surface area contributed by atoms with E-state index < -0.39 is 97.5 Å². The summed E-state index contributed by atoms with van der Waals surface area (Å²) in [4.78, 5) is 72.9. The summed E-state index contributed by atoms with van der Waals surface area (Å²) in [7, 11) is -9.97. The zero-order chi connectivity index (χ0) is 73.2. The zero-order valence-corrected chi connectivity index (χ0v) is 64.4. The van der Waals surface area contributed by atoms with Crippen LogP contribution in [0.4, 0.5) is 0 Å². The molecule has 0 amide bonds. The largest absolute Gasteiger partial charge is 0.472 e. The topological polar surface area (TPSA) is 237 Å². The Morgan fingerprint density at radius 1 is 0.290 bits per heavy atom. The summed E-state index contributed by atoms with van der Waals surface area (Å²) in [5, 5.41) is 10.6. The molecular formula is C81H138O17P2. The van der Waals surface area contributed by atoms with Gasteiger partial charge in [-0.05, 0) is 141 Å². The number of allylic oxidation sites excluding steroid dienone is 20. The minimum atomic E-state index is -4.99. The Morgan fingerprint density at radius 2 is 0.540 bits per heavy atom. The number of unbranched alkanes of at least 4 members (excludes halogenated alkanes) is 26. The lowest BCUT2D eigenvalue weighted by Crippen LogP contribution is -2.30. The molecule has 0 aromatic heterocycles. The second-order valence-corrected chi connectivity index (χ2v) is 28.4. The Bertz CT molecular complexity index is 2370. The number of rotatable bonds is 72. The monoisotopic (exact) mass is 1440 g/mol. The average molecular weight is 1450 g/mol. The fourth-order valence-electron chi connectivity index (χ4n) is 10.0. The maximum Gasteiger partial charge on any atom is 0.472 e. The summed E-state index contributed by atoms with van der Waals surface area (Å²) >= 11 is 0. The highest BCUT2D eigenvalue weighted by Crippen LogP contribution is 2.45. The summed E-state index contributed by atoms with van der Waals surface area (Å²) in [6, 6.07) is 0. The average Bonchev–Trinajstić information content (AvgIpc) is 1.00. The van der Waals surface area contributed by atoms with E-state index in [1.807, 2.05) is 12.2 Å². The first-order valence-corrected chi connectivity index (χ1v) is 41.8. The van der Waals surface area contributed by atoms with Gasteiger partial charge in [-0.15, -0.1) is 0 Å². The zero-order valence-electron chi connectivity index (χ0n) is 62.6. The molecule has 0 aromatic rings. The van der Waals surface area contributed by atoms with Gasteiger partial charge < -0.3 is 33.8 Å². The maximum atomic E-state index is 13.1. The van der Waals surface area contributed by atoms with Crippen LogP contribution in [0.3, 0.4) is 0 Å². The van der Waals surface area contributed by atoms with Gasteiger partial charge in [0.1, 0.15) is 19.3 Å². The third-order valence-electron chi connectivity index (χ3n) is 15.9. The van der Waals surface area contributed by atoms with Crippen LogP contribution in [-0.4, -0.2) is 96.7 Å². The van der Waals surface area contributed by atoms with E-state index in [0.717, 1.165) is 173 Å². The lowest BCUT2D eigenvalue weighted by molar-refractivity contribution is -0.161. The van der Waals surface area contributed by atoms with E-state index in [1.54, 1.807) is 0 Å².